The van der Waals surface area contributed by atoms with E-state index in [1.54, 1.807) is 17.7 Å². The van der Waals surface area contributed by atoms with Crippen molar-refractivity contribution in [2.75, 3.05) is 37.6 Å². The predicted molar refractivity (Wildman–Crippen MR) is 91.8 cm³/mol. The molecular formula is C16H21N5OS. The predicted octanol–water partition coefficient (Wildman–Crippen LogP) is 1.48. The van der Waals surface area contributed by atoms with E-state index in [4.69, 9.17) is 0 Å². The molecule has 122 valence electrons. The van der Waals surface area contributed by atoms with Gasteiger partial charge >= 0.3 is 0 Å². The van der Waals surface area contributed by atoms with E-state index in [9.17, 15) is 4.79 Å². The van der Waals surface area contributed by atoms with Gasteiger partial charge in [0.05, 0.1) is 10.2 Å². The summed E-state index contributed by atoms with van der Waals surface area (Å²) in [5.41, 5.74) is 1.01. The number of carbonyl (C=O) groups is 1. The molecule has 4 heterocycles. The molecule has 2 fully saturated rings. The topological polar surface area (TPSA) is 61.4 Å². The molecule has 2 saturated heterocycles. The number of rotatable bonds is 3. The molecule has 0 bridgehead atoms. The zero-order valence-corrected chi connectivity index (χ0v) is 13.9. The van der Waals surface area contributed by atoms with Crippen LogP contribution in [-0.4, -0.2) is 59.5 Å². The Kier molecular flexibility index (Phi) is 4.13. The average molecular weight is 331 g/mol. The lowest BCUT2D eigenvalue weighted by molar-refractivity contribution is -0.131. The summed E-state index contributed by atoms with van der Waals surface area (Å²) in [7, 11) is 0. The zero-order valence-electron chi connectivity index (χ0n) is 13.1. The molecule has 1 amide bonds. The molecule has 1 atom stereocenters. The van der Waals surface area contributed by atoms with Crippen molar-refractivity contribution < 1.29 is 4.79 Å². The first-order valence-corrected chi connectivity index (χ1v) is 9.13. The molecular weight excluding hydrogens is 310 g/mol. The number of aromatic nitrogens is 2. The van der Waals surface area contributed by atoms with Crippen molar-refractivity contribution in [3.8, 4) is 0 Å². The van der Waals surface area contributed by atoms with Crippen LogP contribution in [0.15, 0.2) is 17.8 Å². The summed E-state index contributed by atoms with van der Waals surface area (Å²) < 4.78 is 1.14. The third kappa shape index (κ3) is 3.03. The summed E-state index contributed by atoms with van der Waals surface area (Å²) in [6, 6.07) is 2.41. The molecule has 2 aliphatic heterocycles. The summed E-state index contributed by atoms with van der Waals surface area (Å²) in [4.78, 5) is 25.5. The van der Waals surface area contributed by atoms with Crippen LogP contribution < -0.4 is 10.2 Å². The molecule has 0 spiro atoms. The van der Waals surface area contributed by atoms with Crippen molar-refractivity contribution in [2.24, 2.45) is 0 Å². The van der Waals surface area contributed by atoms with E-state index in [-0.39, 0.29) is 5.91 Å². The average Bonchev–Trinajstić information content (AvgIpc) is 3.25. The van der Waals surface area contributed by atoms with Crippen molar-refractivity contribution in [1.29, 1.82) is 0 Å². The van der Waals surface area contributed by atoms with E-state index in [2.05, 4.69) is 25.6 Å². The summed E-state index contributed by atoms with van der Waals surface area (Å²) in [6.07, 6.45) is 4.59. The molecule has 0 saturated carbocycles. The standard InChI is InChI=1S/C16H21N5OS/c22-14(10-12-2-1-4-17-12)20-5-7-21(8-6-20)16-15-13(3-9-23-15)18-11-19-16/h3,9,11-12,17H,1-2,4-8,10H2. The molecule has 1 N–H and O–H groups in total. The van der Waals surface area contributed by atoms with Gasteiger partial charge in [-0.2, -0.15) is 0 Å². The van der Waals surface area contributed by atoms with Crippen LogP contribution in [0.2, 0.25) is 0 Å². The Morgan fingerprint density at radius 2 is 2.17 bits per heavy atom. The van der Waals surface area contributed by atoms with Gasteiger partial charge in [0.15, 0.2) is 0 Å². The molecule has 23 heavy (non-hydrogen) atoms. The number of piperazine rings is 1. The number of thiophene rings is 1. The molecule has 0 radical (unpaired) electrons. The maximum atomic E-state index is 12.4. The molecule has 2 aliphatic rings. The van der Waals surface area contributed by atoms with E-state index >= 15 is 0 Å². The van der Waals surface area contributed by atoms with Gasteiger partial charge in [0.1, 0.15) is 12.1 Å². The second-order valence-electron chi connectivity index (χ2n) is 6.20. The Hall–Kier alpha value is -1.73. The number of nitrogens with one attached hydrogen (secondary N) is 1. The Labute approximate surface area is 139 Å². The lowest BCUT2D eigenvalue weighted by Crippen LogP contribution is -2.50. The van der Waals surface area contributed by atoms with Crippen LogP contribution in [0.3, 0.4) is 0 Å². The van der Waals surface area contributed by atoms with E-state index in [0.29, 0.717) is 12.5 Å². The van der Waals surface area contributed by atoms with E-state index < -0.39 is 0 Å². The summed E-state index contributed by atoms with van der Waals surface area (Å²) >= 11 is 1.68. The molecule has 2 aromatic heterocycles. The molecule has 4 rings (SSSR count). The summed E-state index contributed by atoms with van der Waals surface area (Å²) in [5.74, 6) is 1.29. The number of fused-ring (bicyclic) bond motifs is 1. The molecule has 0 aromatic carbocycles. The fourth-order valence-corrected chi connectivity index (χ4v) is 4.30. The van der Waals surface area contributed by atoms with Crippen LogP contribution in [0.4, 0.5) is 5.82 Å². The fraction of sp³-hybridized carbons (Fsp3) is 0.562. The Balaban J connectivity index is 1.39. The Bertz CT molecular complexity index is 689. The quantitative estimate of drug-likeness (QED) is 0.923. The van der Waals surface area contributed by atoms with Crippen LogP contribution in [-0.2, 0) is 4.79 Å². The largest absolute Gasteiger partial charge is 0.352 e. The number of nitrogens with zero attached hydrogens (tertiary/aromatic N) is 4. The number of carbonyl (C=O) groups excluding carboxylic acids is 1. The van der Waals surface area contributed by atoms with Gasteiger partial charge in [-0.25, -0.2) is 9.97 Å². The van der Waals surface area contributed by atoms with Crippen molar-refractivity contribution in [1.82, 2.24) is 20.2 Å². The van der Waals surface area contributed by atoms with Gasteiger partial charge < -0.3 is 15.1 Å². The highest BCUT2D eigenvalue weighted by atomic mass is 32.1. The highest BCUT2D eigenvalue weighted by molar-refractivity contribution is 7.17. The minimum absolute atomic E-state index is 0.285. The van der Waals surface area contributed by atoms with Crippen molar-refractivity contribution >= 4 is 33.3 Å². The number of anilines is 1. The fourth-order valence-electron chi connectivity index (χ4n) is 3.44. The van der Waals surface area contributed by atoms with Gasteiger partial charge in [0.2, 0.25) is 5.91 Å². The third-order valence-electron chi connectivity index (χ3n) is 4.74. The molecule has 1 unspecified atom stereocenters. The van der Waals surface area contributed by atoms with Crippen LogP contribution in [0.1, 0.15) is 19.3 Å². The highest BCUT2D eigenvalue weighted by Crippen LogP contribution is 2.28. The first-order chi connectivity index (χ1) is 11.3. The maximum Gasteiger partial charge on any atom is 0.224 e. The summed E-state index contributed by atoms with van der Waals surface area (Å²) in [5, 5.41) is 5.46. The monoisotopic (exact) mass is 331 g/mol. The van der Waals surface area contributed by atoms with Gasteiger partial charge in [0.25, 0.3) is 0 Å². The lowest BCUT2D eigenvalue weighted by Gasteiger charge is -2.36. The Morgan fingerprint density at radius 1 is 1.30 bits per heavy atom. The van der Waals surface area contributed by atoms with E-state index in [1.807, 2.05) is 11.0 Å². The smallest absolute Gasteiger partial charge is 0.224 e. The SMILES string of the molecule is O=C(CC1CCCN1)N1CCN(c2ncnc3ccsc23)CC1. The van der Waals surface area contributed by atoms with Crippen LogP contribution >= 0.6 is 11.3 Å². The molecule has 7 heteroatoms. The number of hydrogen-bond donors (Lipinski definition) is 1. The minimum Gasteiger partial charge on any atom is -0.352 e. The molecule has 6 nitrogen and oxygen atoms in total. The third-order valence-corrected chi connectivity index (χ3v) is 5.64. The summed E-state index contributed by atoms with van der Waals surface area (Å²) in [6.45, 7) is 4.29. The molecule has 0 aliphatic carbocycles. The number of amides is 1. The van der Waals surface area contributed by atoms with E-state index in [1.165, 1.54) is 6.42 Å². The van der Waals surface area contributed by atoms with Gasteiger partial charge in [0, 0.05) is 38.6 Å². The normalized spacial score (nSPS) is 22.0. The Morgan fingerprint density at radius 3 is 2.96 bits per heavy atom. The second kappa shape index (κ2) is 6.41. The minimum atomic E-state index is 0.285. The van der Waals surface area contributed by atoms with Crippen LogP contribution in [0.25, 0.3) is 10.2 Å². The van der Waals surface area contributed by atoms with Crippen molar-refractivity contribution in [2.45, 2.75) is 25.3 Å². The van der Waals surface area contributed by atoms with Gasteiger partial charge in [-0.3, -0.25) is 4.79 Å². The van der Waals surface area contributed by atoms with Crippen LogP contribution in [0, 0.1) is 0 Å². The van der Waals surface area contributed by atoms with Crippen molar-refractivity contribution in [3.63, 3.8) is 0 Å². The van der Waals surface area contributed by atoms with Crippen molar-refractivity contribution in [3.05, 3.63) is 17.8 Å². The van der Waals surface area contributed by atoms with Gasteiger partial charge in [-0.1, -0.05) is 0 Å². The zero-order chi connectivity index (χ0) is 15.6. The van der Waals surface area contributed by atoms with Gasteiger partial charge in [-0.15, -0.1) is 11.3 Å². The second-order valence-corrected chi connectivity index (χ2v) is 7.11. The van der Waals surface area contributed by atoms with E-state index in [0.717, 1.165) is 55.2 Å². The van der Waals surface area contributed by atoms with Gasteiger partial charge in [-0.05, 0) is 30.8 Å². The molecule has 2 aromatic rings. The number of hydrogen-bond acceptors (Lipinski definition) is 6. The highest BCUT2D eigenvalue weighted by Gasteiger charge is 2.26. The van der Waals surface area contributed by atoms with Crippen LogP contribution in [0.5, 0.6) is 0 Å². The lowest BCUT2D eigenvalue weighted by atomic mass is 10.1. The maximum absolute atomic E-state index is 12.4. The first kappa shape index (κ1) is 14.8. The first-order valence-electron chi connectivity index (χ1n) is 8.25.